The Hall–Kier alpha value is -2.53. The molecule has 0 atom stereocenters. The highest BCUT2D eigenvalue weighted by atomic mass is 35.5. The quantitative estimate of drug-likeness (QED) is 0.670. The minimum Gasteiger partial charge on any atom is -0.338 e. The molecule has 2 aromatic rings. The van der Waals surface area contributed by atoms with Gasteiger partial charge in [0.05, 0.1) is 0 Å². The van der Waals surface area contributed by atoms with Crippen molar-refractivity contribution >= 4 is 29.2 Å². The largest absolute Gasteiger partial charge is 0.338 e. The van der Waals surface area contributed by atoms with Crippen LogP contribution < -0.4 is 16.0 Å². The predicted octanol–water partition coefficient (Wildman–Crippen LogP) is 4.12. The number of carbonyl (C=O) groups is 2. The Balaban J connectivity index is 1.40. The van der Waals surface area contributed by atoms with Gasteiger partial charge in [-0.3, -0.25) is 4.79 Å². The molecule has 0 bridgehead atoms. The molecule has 27 heavy (non-hydrogen) atoms. The maximum atomic E-state index is 12.0. The van der Waals surface area contributed by atoms with E-state index in [4.69, 9.17) is 11.6 Å². The van der Waals surface area contributed by atoms with Gasteiger partial charge in [-0.1, -0.05) is 42.3 Å². The van der Waals surface area contributed by atoms with Crippen molar-refractivity contribution in [3.8, 4) is 0 Å². The molecule has 3 rings (SSSR count). The first-order valence-electron chi connectivity index (χ1n) is 9.26. The van der Waals surface area contributed by atoms with Gasteiger partial charge in [-0.05, 0) is 54.7 Å². The van der Waals surface area contributed by atoms with Crippen LogP contribution in [-0.4, -0.2) is 18.5 Å². The molecule has 3 amide bonds. The van der Waals surface area contributed by atoms with Crippen molar-refractivity contribution in [1.29, 1.82) is 0 Å². The van der Waals surface area contributed by atoms with Gasteiger partial charge in [-0.2, -0.15) is 0 Å². The Morgan fingerprint density at radius 1 is 1.00 bits per heavy atom. The Labute approximate surface area is 164 Å². The zero-order chi connectivity index (χ0) is 19.1. The van der Waals surface area contributed by atoms with Crippen molar-refractivity contribution in [2.45, 2.75) is 32.2 Å². The lowest BCUT2D eigenvalue weighted by Gasteiger charge is -2.24. The Morgan fingerprint density at radius 3 is 2.52 bits per heavy atom. The number of hydrogen-bond donors (Lipinski definition) is 3. The fraction of sp³-hybridized carbons (Fsp3) is 0.333. The van der Waals surface area contributed by atoms with Crippen molar-refractivity contribution in [2.75, 3.05) is 11.9 Å². The number of benzene rings is 2. The lowest BCUT2D eigenvalue weighted by Crippen LogP contribution is -2.36. The van der Waals surface area contributed by atoms with Crippen LogP contribution >= 0.6 is 11.6 Å². The number of amides is 3. The summed E-state index contributed by atoms with van der Waals surface area (Å²) in [6, 6.07) is 14.9. The summed E-state index contributed by atoms with van der Waals surface area (Å²) in [5.41, 5.74) is 2.79. The van der Waals surface area contributed by atoms with Crippen LogP contribution in [0.4, 0.5) is 10.5 Å². The number of rotatable bonds is 7. The molecule has 3 N–H and O–H groups in total. The topological polar surface area (TPSA) is 70.2 Å². The minimum atomic E-state index is -0.221. The van der Waals surface area contributed by atoms with E-state index in [1.165, 1.54) is 0 Å². The number of carbonyl (C=O) groups excluding carboxylic acids is 2. The molecule has 0 unspecified atom stereocenters. The second-order valence-corrected chi connectivity index (χ2v) is 7.24. The molecule has 0 aliphatic heterocycles. The molecule has 5 nitrogen and oxygen atoms in total. The smallest absolute Gasteiger partial charge is 0.315 e. The summed E-state index contributed by atoms with van der Waals surface area (Å²) in [6.45, 7) is 0.930. The minimum absolute atomic E-state index is 0.0881. The number of anilines is 1. The van der Waals surface area contributed by atoms with E-state index in [1.54, 1.807) is 0 Å². The van der Waals surface area contributed by atoms with E-state index in [-0.39, 0.29) is 17.9 Å². The van der Waals surface area contributed by atoms with E-state index < -0.39 is 0 Å². The van der Waals surface area contributed by atoms with Crippen LogP contribution in [0, 0.1) is 5.92 Å². The summed E-state index contributed by atoms with van der Waals surface area (Å²) < 4.78 is 0. The third kappa shape index (κ3) is 6.00. The highest BCUT2D eigenvalue weighted by Crippen LogP contribution is 2.27. The van der Waals surface area contributed by atoms with Gasteiger partial charge < -0.3 is 16.0 Å². The molecule has 2 aromatic carbocycles. The first-order valence-corrected chi connectivity index (χ1v) is 9.64. The average molecular weight is 386 g/mol. The molecule has 1 aliphatic carbocycles. The number of halogens is 1. The van der Waals surface area contributed by atoms with Crippen LogP contribution in [0.15, 0.2) is 48.5 Å². The van der Waals surface area contributed by atoms with Gasteiger partial charge in [0, 0.05) is 29.7 Å². The molecular formula is C21H24ClN3O2. The predicted molar refractivity (Wildman–Crippen MR) is 108 cm³/mol. The lowest BCUT2D eigenvalue weighted by atomic mass is 9.85. The maximum absolute atomic E-state index is 12.0. The summed E-state index contributed by atoms with van der Waals surface area (Å²) >= 11 is 5.95. The summed E-state index contributed by atoms with van der Waals surface area (Å²) in [7, 11) is 0. The summed E-state index contributed by atoms with van der Waals surface area (Å²) in [5, 5.41) is 9.31. The Kier molecular flexibility index (Phi) is 6.71. The molecule has 6 heteroatoms. The number of urea groups is 1. The zero-order valence-electron chi connectivity index (χ0n) is 15.1. The molecule has 1 saturated carbocycles. The third-order valence-electron chi connectivity index (χ3n) is 4.71. The molecule has 0 aromatic heterocycles. The molecule has 0 spiro atoms. The second kappa shape index (κ2) is 9.42. The van der Waals surface area contributed by atoms with Crippen LogP contribution in [0.25, 0.3) is 0 Å². The van der Waals surface area contributed by atoms with Gasteiger partial charge in [0.15, 0.2) is 0 Å². The van der Waals surface area contributed by atoms with Crippen molar-refractivity contribution < 1.29 is 9.59 Å². The zero-order valence-corrected chi connectivity index (χ0v) is 15.9. The van der Waals surface area contributed by atoms with E-state index in [0.29, 0.717) is 18.1 Å². The van der Waals surface area contributed by atoms with E-state index in [1.807, 2.05) is 48.5 Å². The molecule has 0 saturated heterocycles. The van der Waals surface area contributed by atoms with Gasteiger partial charge in [-0.15, -0.1) is 0 Å². The van der Waals surface area contributed by atoms with Crippen molar-refractivity contribution in [3.63, 3.8) is 0 Å². The molecule has 142 valence electrons. The second-order valence-electron chi connectivity index (χ2n) is 6.81. The normalized spacial score (nSPS) is 13.5. The SMILES string of the molecule is O=C(NCCc1cccc(Cl)c1)NCc1cccc(NC(=O)C2CCC2)c1. The van der Waals surface area contributed by atoms with Crippen LogP contribution in [0.5, 0.6) is 0 Å². The van der Waals surface area contributed by atoms with Gasteiger partial charge in [-0.25, -0.2) is 4.79 Å². The van der Waals surface area contributed by atoms with Crippen LogP contribution in [0.2, 0.25) is 5.02 Å². The van der Waals surface area contributed by atoms with E-state index in [0.717, 1.165) is 42.5 Å². The highest BCUT2D eigenvalue weighted by Gasteiger charge is 2.25. The third-order valence-corrected chi connectivity index (χ3v) is 4.95. The van der Waals surface area contributed by atoms with Gasteiger partial charge in [0.2, 0.25) is 5.91 Å². The summed E-state index contributed by atoms with van der Waals surface area (Å²) in [6.07, 6.45) is 3.80. The molecular weight excluding hydrogens is 362 g/mol. The van der Waals surface area contributed by atoms with Crippen molar-refractivity contribution in [3.05, 3.63) is 64.7 Å². The van der Waals surface area contributed by atoms with Crippen LogP contribution in [-0.2, 0) is 17.8 Å². The summed E-state index contributed by atoms with van der Waals surface area (Å²) in [4.78, 5) is 24.0. The fourth-order valence-corrected chi connectivity index (χ4v) is 3.14. The van der Waals surface area contributed by atoms with Gasteiger partial charge >= 0.3 is 6.03 Å². The highest BCUT2D eigenvalue weighted by molar-refractivity contribution is 6.30. The number of hydrogen-bond acceptors (Lipinski definition) is 2. The van der Waals surface area contributed by atoms with Crippen molar-refractivity contribution in [1.82, 2.24) is 10.6 Å². The first-order chi connectivity index (χ1) is 13.1. The lowest BCUT2D eigenvalue weighted by molar-refractivity contribution is -0.122. The Morgan fingerprint density at radius 2 is 1.78 bits per heavy atom. The van der Waals surface area contributed by atoms with Gasteiger partial charge in [0.25, 0.3) is 0 Å². The van der Waals surface area contributed by atoms with E-state index in [2.05, 4.69) is 16.0 Å². The van der Waals surface area contributed by atoms with E-state index >= 15 is 0 Å². The Bertz CT molecular complexity index is 806. The molecule has 0 radical (unpaired) electrons. The van der Waals surface area contributed by atoms with Gasteiger partial charge in [0.1, 0.15) is 0 Å². The molecule has 1 aliphatic rings. The molecule has 0 heterocycles. The maximum Gasteiger partial charge on any atom is 0.315 e. The standard InChI is InChI=1S/C21H24ClN3O2/c22-18-8-1-4-15(12-18)10-11-23-21(27)24-14-16-5-2-9-19(13-16)25-20(26)17-6-3-7-17/h1-2,4-5,8-9,12-13,17H,3,6-7,10-11,14H2,(H,25,26)(H2,23,24,27). The van der Waals surface area contributed by atoms with Crippen molar-refractivity contribution in [2.24, 2.45) is 5.92 Å². The average Bonchev–Trinajstić information content (AvgIpc) is 2.59. The van der Waals surface area contributed by atoms with Crippen LogP contribution in [0.3, 0.4) is 0 Å². The van der Waals surface area contributed by atoms with E-state index in [9.17, 15) is 9.59 Å². The monoisotopic (exact) mass is 385 g/mol. The first kappa shape index (κ1) is 19.2. The number of nitrogens with one attached hydrogen (secondary N) is 3. The summed E-state index contributed by atoms with van der Waals surface area (Å²) in [5.74, 6) is 0.238. The molecule has 1 fully saturated rings. The van der Waals surface area contributed by atoms with Crippen LogP contribution in [0.1, 0.15) is 30.4 Å². The fourth-order valence-electron chi connectivity index (χ4n) is 2.93.